The molecule has 0 saturated heterocycles. The van der Waals surface area contributed by atoms with Gasteiger partial charge < -0.3 is 10.8 Å². The summed E-state index contributed by atoms with van der Waals surface area (Å²) < 4.78 is 0. The van der Waals surface area contributed by atoms with Crippen molar-refractivity contribution in [3.05, 3.63) is 0 Å². The Morgan fingerprint density at radius 1 is 0.944 bits per heavy atom. The molecule has 3 nitrogen and oxygen atoms in total. The van der Waals surface area contributed by atoms with Gasteiger partial charge in [0.25, 0.3) is 0 Å². The van der Waals surface area contributed by atoms with Crippen LogP contribution in [-0.4, -0.2) is 17.1 Å². The molecular weight excluding hydrogens is 226 g/mol. The van der Waals surface area contributed by atoms with Gasteiger partial charge in [0.05, 0.1) is 0 Å². The highest BCUT2D eigenvalue weighted by Gasteiger charge is 2.03. The van der Waals surface area contributed by atoms with Gasteiger partial charge in [0, 0.05) is 12.5 Å². The minimum atomic E-state index is -0.698. The van der Waals surface area contributed by atoms with Crippen molar-refractivity contribution in [2.24, 2.45) is 5.73 Å². The van der Waals surface area contributed by atoms with Crippen LogP contribution in [0.25, 0.3) is 0 Å². The number of carboxylic acids is 1. The van der Waals surface area contributed by atoms with E-state index in [0.29, 0.717) is 0 Å². The lowest BCUT2D eigenvalue weighted by Gasteiger charge is -2.10. The van der Waals surface area contributed by atoms with E-state index in [1.807, 2.05) is 0 Å². The molecule has 0 radical (unpaired) electrons. The van der Waals surface area contributed by atoms with Crippen LogP contribution >= 0.6 is 0 Å². The third kappa shape index (κ3) is 13.5. The topological polar surface area (TPSA) is 63.3 Å². The molecule has 3 heteroatoms. The number of hydrogen-bond acceptors (Lipinski definition) is 2. The van der Waals surface area contributed by atoms with Crippen LogP contribution in [0.4, 0.5) is 0 Å². The number of carbonyl (C=O) groups is 1. The summed E-state index contributed by atoms with van der Waals surface area (Å²) >= 11 is 0. The quantitative estimate of drug-likeness (QED) is 0.488. The van der Waals surface area contributed by atoms with Crippen molar-refractivity contribution in [3.63, 3.8) is 0 Å². The largest absolute Gasteiger partial charge is 0.481 e. The van der Waals surface area contributed by atoms with Gasteiger partial charge in [-0.1, -0.05) is 58.3 Å². The second kappa shape index (κ2) is 12.9. The molecule has 18 heavy (non-hydrogen) atoms. The van der Waals surface area contributed by atoms with Gasteiger partial charge in [0.2, 0.25) is 0 Å². The van der Waals surface area contributed by atoms with Crippen molar-refractivity contribution >= 4 is 5.97 Å². The van der Waals surface area contributed by atoms with E-state index in [1.165, 1.54) is 44.9 Å². The first-order valence-electron chi connectivity index (χ1n) is 7.64. The molecule has 0 aliphatic rings. The zero-order valence-electron chi connectivity index (χ0n) is 12.0. The van der Waals surface area contributed by atoms with Crippen molar-refractivity contribution in [1.29, 1.82) is 0 Å². The van der Waals surface area contributed by atoms with Crippen LogP contribution in [0.15, 0.2) is 0 Å². The summed E-state index contributed by atoms with van der Waals surface area (Å²) in [6.07, 6.45) is 13.3. The van der Waals surface area contributed by atoms with E-state index in [9.17, 15) is 4.79 Å². The summed E-state index contributed by atoms with van der Waals surface area (Å²) in [6, 6.07) is 0.273. The molecule has 0 spiro atoms. The van der Waals surface area contributed by atoms with E-state index in [4.69, 9.17) is 10.8 Å². The number of carboxylic acid groups (broad SMARTS) is 1. The lowest BCUT2D eigenvalue weighted by Crippen LogP contribution is -2.19. The normalized spacial score (nSPS) is 12.6. The fourth-order valence-corrected chi connectivity index (χ4v) is 2.19. The third-order valence-electron chi connectivity index (χ3n) is 3.39. The summed E-state index contributed by atoms with van der Waals surface area (Å²) in [4.78, 5) is 10.3. The molecular formula is C15H31NO2. The molecule has 0 heterocycles. The predicted molar refractivity (Wildman–Crippen MR) is 76.7 cm³/mol. The average molecular weight is 257 g/mol. The Morgan fingerprint density at radius 3 is 2.00 bits per heavy atom. The highest BCUT2D eigenvalue weighted by Crippen LogP contribution is 2.12. The molecule has 1 unspecified atom stereocenters. The van der Waals surface area contributed by atoms with Crippen LogP contribution < -0.4 is 5.73 Å². The molecule has 0 bridgehead atoms. The summed E-state index contributed by atoms with van der Waals surface area (Å²) in [6.45, 7) is 2.24. The maximum Gasteiger partial charge on any atom is 0.303 e. The van der Waals surface area contributed by atoms with Gasteiger partial charge in [-0.15, -0.1) is 0 Å². The molecule has 0 amide bonds. The minimum Gasteiger partial charge on any atom is -0.481 e. The van der Waals surface area contributed by atoms with E-state index in [-0.39, 0.29) is 12.5 Å². The first kappa shape index (κ1) is 17.4. The van der Waals surface area contributed by atoms with Crippen LogP contribution in [0.5, 0.6) is 0 Å². The molecule has 0 rings (SSSR count). The Labute approximate surface area is 112 Å². The second-order valence-electron chi connectivity index (χ2n) is 5.31. The van der Waals surface area contributed by atoms with Crippen LogP contribution in [0.3, 0.4) is 0 Å². The highest BCUT2D eigenvalue weighted by atomic mass is 16.4. The molecule has 0 aromatic rings. The second-order valence-corrected chi connectivity index (χ2v) is 5.31. The van der Waals surface area contributed by atoms with E-state index >= 15 is 0 Å². The first-order valence-corrected chi connectivity index (χ1v) is 7.64. The van der Waals surface area contributed by atoms with Crippen LogP contribution in [0.1, 0.15) is 84.0 Å². The minimum absolute atomic E-state index is 0.273. The third-order valence-corrected chi connectivity index (χ3v) is 3.39. The van der Waals surface area contributed by atoms with Gasteiger partial charge in [0.1, 0.15) is 0 Å². The van der Waals surface area contributed by atoms with E-state index in [2.05, 4.69) is 6.92 Å². The van der Waals surface area contributed by atoms with E-state index in [1.54, 1.807) is 0 Å². The fraction of sp³-hybridized carbons (Fsp3) is 0.933. The molecule has 0 aliphatic carbocycles. The van der Waals surface area contributed by atoms with Gasteiger partial charge >= 0.3 is 5.97 Å². The van der Waals surface area contributed by atoms with Crippen molar-refractivity contribution in [2.45, 2.75) is 90.0 Å². The molecule has 108 valence electrons. The van der Waals surface area contributed by atoms with Gasteiger partial charge in [0.15, 0.2) is 0 Å². The molecule has 3 N–H and O–H groups in total. The Bertz CT molecular complexity index is 195. The van der Waals surface area contributed by atoms with Gasteiger partial charge in [-0.25, -0.2) is 0 Å². The number of hydrogen-bond donors (Lipinski definition) is 2. The fourth-order valence-electron chi connectivity index (χ4n) is 2.19. The smallest absolute Gasteiger partial charge is 0.303 e. The maximum atomic E-state index is 10.3. The zero-order chi connectivity index (χ0) is 13.6. The van der Waals surface area contributed by atoms with Crippen molar-refractivity contribution in [2.75, 3.05) is 0 Å². The van der Waals surface area contributed by atoms with Crippen LogP contribution in [-0.2, 0) is 4.79 Å². The van der Waals surface area contributed by atoms with Crippen molar-refractivity contribution in [1.82, 2.24) is 0 Å². The molecule has 0 aromatic heterocycles. The number of unbranched alkanes of at least 4 members (excludes halogenated alkanes) is 7. The number of rotatable bonds is 13. The average Bonchev–Trinajstić information content (AvgIpc) is 2.33. The highest BCUT2D eigenvalue weighted by molar-refractivity contribution is 5.66. The molecule has 0 fully saturated rings. The number of nitrogens with two attached hydrogens (primary N) is 1. The van der Waals surface area contributed by atoms with E-state index in [0.717, 1.165) is 25.7 Å². The maximum absolute atomic E-state index is 10.3. The van der Waals surface area contributed by atoms with Gasteiger partial charge in [-0.3, -0.25) is 4.79 Å². The van der Waals surface area contributed by atoms with Crippen molar-refractivity contribution < 1.29 is 9.90 Å². The predicted octanol–water partition coefficient (Wildman–Crippen LogP) is 4.10. The van der Waals surface area contributed by atoms with Gasteiger partial charge in [-0.2, -0.15) is 0 Å². The van der Waals surface area contributed by atoms with Gasteiger partial charge in [-0.05, 0) is 19.3 Å². The molecule has 0 aliphatic heterocycles. The summed E-state index contributed by atoms with van der Waals surface area (Å²) in [5.41, 5.74) is 6.01. The SMILES string of the molecule is CCCCCCCCCC(N)CCCCC(=O)O. The van der Waals surface area contributed by atoms with Crippen LogP contribution in [0.2, 0.25) is 0 Å². The molecule has 0 saturated carbocycles. The summed E-state index contributed by atoms with van der Waals surface area (Å²) in [5.74, 6) is -0.698. The monoisotopic (exact) mass is 257 g/mol. The standard InChI is InChI=1S/C15H31NO2/c1-2-3-4-5-6-7-8-11-14(16)12-9-10-13-15(17)18/h14H,2-13,16H2,1H3,(H,17,18). The lowest BCUT2D eigenvalue weighted by molar-refractivity contribution is -0.137. The molecule has 0 aromatic carbocycles. The summed E-state index contributed by atoms with van der Waals surface area (Å²) in [7, 11) is 0. The van der Waals surface area contributed by atoms with Crippen molar-refractivity contribution in [3.8, 4) is 0 Å². The zero-order valence-corrected chi connectivity index (χ0v) is 12.0. The first-order chi connectivity index (χ1) is 8.66. The lowest BCUT2D eigenvalue weighted by atomic mass is 10.0. The Hall–Kier alpha value is -0.570. The Morgan fingerprint density at radius 2 is 1.44 bits per heavy atom. The summed E-state index contributed by atoms with van der Waals surface area (Å²) in [5, 5.41) is 8.51. The Balaban J connectivity index is 3.16. The van der Waals surface area contributed by atoms with E-state index < -0.39 is 5.97 Å². The number of aliphatic carboxylic acids is 1. The molecule has 1 atom stereocenters. The van der Waals surface area contributed by atoms with Crippen LogP contribution in [0, 0.1) is 0 Å². The Kier molecular flexibility index (Phi) is 12.5.